The lowest BCUT2D eigenvalue weighted by molar-refractivity contribution is 0.248. The van der Waals surface area contributed by atoms with E-state index in [9.17, 15) is 9.90 Å². The SMILES string of the molecule is CC(CNC(N)=O)Nc1ccc(O)c(C(C)(C)C)c1. The number of primary amides is 1. The first-order valence-electron chi connectivity index (χ1n) is 6.33. The Balaban J connectivity index is 2.77. The molecule has 2 amide bonds. The van der Waals surface area contributed by atoms with Crippen molar-refractivity contribution < 1.29 is 9.90 Å². The molecule has 0 spiro atoms. The van der Waals surface area contributed by atoms with Gasteiger partial charge in [0.15, 0.2) is 0 Å². The predicted octanol–water partition coefficient (Wildman–Crippen LogP) is 2.16. The Kier molecular flexibility index (Phi) is 4.64. The number of hydrogen-bond donors (Lipinski definition) is 4. The van der Waals surface area contributed by atoms with E-state index in [2.05, 4.69) is 10.6 Å². The Bertz CT molecular complexity index is 452. The molecule has 0 bridgehead atoms. The van der Waals surface area contributed by atoms with Crippen LogP contribution < -0.4 is 16.4 Å². The fraction of sp³-hybridized carbons (Fsp3) is 0.500. The van der Waals surface area contributed by atoms with Crippen LogP contribution >= 0.6 is 0 Å². The maximum absolute atomic E-state index is 10.6. The maximum atomic E-state index is 10.6. The van der Waals surface area contributed by atoms with Gasteiger partial charge in [-0.1, -0.05) is 20.8 Å². The summed E-state index contributed by atoms with van der Waals surface area (Å²) >= 11 is 0. The van der Waals surface area contributed by atoms with Crippen LogP contribution in [0.4, 0.5) is 10.5 Å². The fourth-order valence-corrected chi connectivity index (χ4v) is 1.82. The van der Waals surface area contributed by atoms with Gasteiger partial charge in [-0.25, -0.2) is 4.79 Å². The van der Waals surface area contributed by atoms with Gasteiger partial charge in [0.2, 0.25) is 0 Å². The minimum Gasteiger partial charge on any atom is -0.508 e. The normalized spacial score (nSPS) is 12.8. The number of nitrogens with two attached hydrogens (primary N) is 1. The van der Waals surface area contributed by atoms with E-state index in [1.54, 1.807) is 6.07 Å². The average molecular weight is 265 g/mol. The highest BCUT2D eigenvalue weighted by Gasteiger charge is 2.18. The number of phenolic OH excluding ortho intramolecular Hbond substituents is 1. The molecule has 1 unspecified atom stereocenters. The Morgan fingerprint density at radius 3 is 2.58 bits per heavy atom. The van der Waals surface area contributed by atoms with Crippen molar-refractivity contribution in [1.82, 2.24) is 5.32 Å². The molecule has 19 heavy (non-hydrogen) atoms. The van der Waals surface area contributed by atoms with E-state index in [4.69, 9.17) is 5.73 Å². The Labute approximate surface area is 114 Å². The van der Waals surface area contributed by atoms with E-state index < -0.39 is 6.03 Å². The van der Waals surface area contributed by atoms with Gasteiger partial charge in [0.05, 0.1) is 0 Å². The monoisotopic (exact) mass is 265 g/mol. The summed E-state index contributed by atoms with van der Waals surface area (Å²) in [6.07, 6.45) is 0. The molecule has 106 valence electrons. The Hall–Kier alpha value is -1.91. The van der Waals surface area contributed by atoms with Gasteiger partial charge in [0.25, 0.3) is 0 Å². The topological polar surface area (TPSA) is 87.4 Å². The maximum Gasteiger partial charge on any atom is 0.312 e. The Morgan fingerprint density at radius 2 is 2.05 bits per heavy atom. The van der Waals surface area contributed by atoms with Crippen LogP contribution in [-0.2, 0) is 5.41 Å². The quantitative estimate of drug-likeness (QED) is 0.629. The summed E-state index contributed by atoms with van der Waals surface area (Å²) in [5.41, 5.74) is 6.68. The minimum atomic E-state index is -0.533. The summed E-state index contributed by atoms with van der Waals surface area (Å²) in [4.78, 5) is 10.6. The lowest BCUT2D eigenvalue weighted by atomic mass is 9.86. The second-order valence-electron chi connectivity index (χ2n) is 5.77. The molecule has 0 aliphatic carbocycles. The van der Waals surface area contributed by atoms with Crippen LogP contribution in [0.1, 0.15) is 33.3 Å². The number of carbonyl (C=O) groups is 1. The van der Waals surface area contributed by atoms with Crippen molar-refractivity contribution in [1.29, 1.82) is 0 Å². The number of carbonyl (C=O) groups excluding carboxylic acids is 1. The minimum absolute atomic E-state index is 0.0462. The molecule has 1 rings (SSSR count). The van der Waals surface area contributed by atoms with Gasteiger partial charge in [0, 0.05) is 23.8 Å². The smallest absolute Gasteiger partial charge is 0.312 e. The zero-order valence-electron chi connectivity index (χ0n) is 11.9. The third-order valence-corrected chi connectivity index (χ3v) is 2.80. The third kappa shape index (κ3) is 4.69. The molecule has 0 radical (unpaired) electrons. The second-order valence-corrected chi connectivity index (χ2v) is 5.77. The summed E-state index contributed by atoms with van der Waals surface area (Å²) in [5.74, 6) is 0.293. The first kappa shape index (κ1) is 15.1. The van der Waals surface area contributed by atoms with Crippen molar-refractivity contribution in [3.8, 4) is 5.75 Å². The molecule has 1 aromatic carbocycles. The summed E-state index contributed by atoms with van der Waals surface area (Å²) in [7, 11) is 0. The zero-order chi connectivity index (χ0) is 14.6. The molecular weight excluding hydrogens is 242 g/mol. The van der Waals surface area contributed by atoms with Gasteiger partial charge in [-0.2, -0.15) is 0 Å². The van der Waals surface area contributed by atoms with E-state index in [-0.39, 0.29) is 11.5 Å². The van der Waals surface area contributed by atoms with E-state index in [1.165, 1.54) is 0 Å². The molecule has 5 N–H and O–H groups in total. The van der Waals surface area contributed by atoms with Gasteiger partial charge in [-0.05, 0) is 30.5 Å². The predicted molar refractivity (Wildman–Crippen MR) is 77.5 cm³/mol. The molecule has 0 heterocycles. The fourth-order valence-electron chi connectivity index (χ4n) is 1.82. The van der Waals surface area contributed by atoms with Crippen LogP contribution in [0.5, 0.6) is 5.75 Å². The molecule has 0 saturated heterocycles. The highest BCUT2D eigenvalue weighted by atomic mass is 16.3. The summed E-state index contributed by atoms with van der Waals surface area (Å²) in [5, 5.41) is 15.7. The van der Waals surface area contributed by atoms with Gasteiger partial charge >= 0.3 is 6.03 Å². The van der Waals surface area contributed by atoms with E-state index in [1.807, 2.05) is 39.8 Å². The van der Waals surface area contributed by atoms with E-state index in [0.29, 0.717) is 12.3 Å². The number of hydrogen-bond acceptors (Lipinski definition) is 3. The number of aromatic hydroxyl groups is 1. The molecule has 0 fully saturated rings. The standard InChI is InChI=1S/C14H23N3O2/c1-9(8-16-13(15)19)17-10-5-6-12(18)11(7-10)14(2,3)4/h5-7,9,17-18H,8H2,1-4H3,(H3,15,16,19). The summed E-state index contributed by atoms with van der Waals surface area (Å²) < 4.78 is 0. The van der Waals surface area contributed by atoms with Crippen LogP contribution in [-0.4, -0.2) is 23.7 Å². The van der Waals surface area contributed by atoms with Crippen LogP contribution in [0.15, 0.2) is 18.2 Å². The summed E-state index contributed by atoms with van der Waals surface area (Å²) in [6.45, 7) is 8.53. The van der Waals surface area contributed by atoms with Crippen molar-refractivity contribution in [2.45, 2.75) is 39.2 Å². The summed E-state index contributed by atoms with van der Waals surface area (Å²) in [6, 6.07) is 4.93. The highest BCUT2D eigenvalue weighted by molar-refractivity contribution is 5.71. The molecule has 0 aromatic heterocycles. The molecule has 1 atom stereocenters. The highest BCUT2D eigenvalue weighted by Crippen LogP contribution is 2.32. The number of rotatable bonds is 4. The van der Waals surface area contributed by atoms with Crippen LogP contribution in [0.3, 0.4) is 0 Å². The number of benzene rings is 1. The molecule has 0 aliphatic heterocycles. The van der Waals surface area contributed by atoms with Crippen molar-refractivity contribution in [2.24, 2.45) is 5.73 Å². The second kappa shape index (κ2) is 5.82. The van der Waals surface area contributed by atoms with E-state index >= 15 is 0 Å². The lowest BCUT2D eigenvalue weighted by Crippen LogP contribution is -2.37. The van der Waals surface area contributed by atoms with Crippen molar-refractivity contribution in [3.63, 3.8) is 0 Å². The van der Waals surface area contributed by atoms with Gasteiger partial charge in [-0.15, -0.1) is 0 Å². The number of amides is 2. The number of nitrogens with one attached hydrogen (secondary N) is 2. The average Bonchev–Trinajstić information content (AvgIpc) is 2.27. The first-order valence-corrected chi connectivity index (χ1v) is 6.33. The number of anilines is 1. The number of urea groups is 1. The van der Waals surface area contributed by atoms with Gasteiger partial charge in [0.1, 0.15) is 5.75 Å². The molecule has 5 nitrogen and oxygen atoms in total. The molecule has 5 heteroatoms. The first-order chi connectivity index (χ1) is 8.70. The largest absolute Gasteiger partial charge is 0.508 e. The van der Waals surface area contributed by atoms with Crippen molar-refractivity contribution in [2.75, 3.05) is 11.9 Å². The third-order valence-electron chi connectivity index (χ3n) is 2.80. The van der Waals surface area contributed by atoms with Crippen LogP contribution in [0, 0.1) is 0 Å². The molecule has 0 aliphatic rings. The molecule has 0 saturated carbocycles. The van der Waals surface area contributed by atoms with Gasteiger partial charge in [-0.3, -0.25) is 0 Å². The van der Waals surface area contributed by atoms with E-state index in [0.717, 1.165) is 11.3 Å². The molecular formula is C14H23N3O2. The lowest BCUT2D eigenvalue weighted by Gasteiger charge is -2.23. The van der Waals surface area contributed by atoms with Crippen LogP contribution in [0.25, 0.3) is 0 Å². The zero-order valence-corrected chi connectivity index (χ0v) is 11.9. The number of phenols is 1. The van der Waals surface area contributed by atoms with Crippen LogP contribution in [0.2, 0.25) is 0 Å². The molecule has 1 aromatic rings. The van der Waals surface area contributed by atoms with Crippen molar-refractivity contribution >= 4 is 11.7 Å². The van der Waals surface area contributed by atoms with Crippen molar-refractivity contribution in [3.05, 3.63) is 23.8 Å². The van der Waals surface area contributed by atoms with Gasteiger partial charge < -0.3 is 21.5 Å². The Morgan fingerprint density at radius 1 is 1.42 bits per heavy atom.